The fourth-order valence-corrected chi connectivity index (χ4v) is 2.56. The molecule has 140 valence electrons. The highest BCUT2D eigenvalue weighted by molar-refractivity contribution is 6.19. The van der Waals surface area contributed by atoms with Gasteiger partial charge in [-0.1, -0.05) is 0 Å². The van der Waals surface area contributed by atoms with Crippen LogP contribution in [0.1, 0.15) is 12.0 Å². The Morgan fingerprint density at radius 3 is 2.62 bits per heavy atom. The van der Waals surface area contributed by atoms with Crippen molar-refractivity contribution in [1.82, 2.24) is 10.2 Å². The van der Waals surface area contributed by atoms with Gasteiger partial charge in [0.25, 0.3) is 11.8 Å². The summed E-state index contributed by atoms with van der Waals surface area (Å²) in [5.41, 5.74) is 0.262. The van der Waals surface area contributed by atoms with Crippen molar-refractivity contribution in [1.29, 1.82) is 0 Å². The second-order valence-electron chi connectivity index (χ2n) is 5.55. The molecule has 0 saturated heterocycles. The number of nitrogens with zero attached hydrogens (tertiary/aromatic N) is 1. The number of hydrogen-bond acceptors (Lipinski definition) is 6. The Hall–Kier alpha value is -3.23. The van der Waals surface area contributed by atoms with Crippen LogP contribution in [0.15, 0.2) is 29.5 Å². The third kappa shape index (κ3) is 4.24. The molecule has 1 aliphatic rings. The summed E-state index contributed by atoms with van der Waals surface area (Å²) in [6, 6.07) is 5.14. The molecular weight excluding hydrogens is 344 g/mol. The Morgan fingerprint density at radius 2 is 2.00 bits per heavy atom. The average molecular weight is 364 g/mol. The lowest BCUT2D eigenvalue weighted by Crippen LogP contribution is -2.43. The summed E-state index contributed by atoms with van der Waals surface area (Å²) in [5, 5.41) is 20.6. The van der Waals surface area contributed by atoms with E-state index in [4.69, 9.17) is 14.6 Å². The highest BCUT2D eigenvalue weighted by Crippen LogP contribution is 2.27. The highest BCUT2D eigenvalue weighted by Gasteiger charge is 2.32. The summed E-state index contributed by atoms with van der Waals surface area (Å²) < 4.78 is 10.4. The average Bonchev–Trinajstić information content (AvgIpc) is 2.62. The van der Waals surface area contributed by atoms with Crippen molar-refractivity contribution in [3.8, 4) is 11.5 Å². The number of nitrogens with one attached hydrogen (secondary N) is 1. The fourth-order valence-electron chi connectivity index (χ4n) is 2.56. The summed E-state index contributed by atoms with van der Waals surface area (Å²) in [4.78, 5) is 36.6. The Kier molecular flexibility index (Phi) is 6.05. The number of amides is 2. The molecule has 1 aliphatic heterocycles. The third-order valence-electron chi connectivity index (χ3n) is 3.89. The van der Waals surface area contributed by atoms with Gasteiger partial charge < -0.3 is 29.9 Å². The predicted octanol–water partition coefficient (Wildman–Crippen LogP) is 0.449. The molecule has 0 fully saturated rings. The zero-order chi connectivity index (χ0) is 19.3. The summed E-state index contributed by atoms with van der Waals surface area (Å²) in [6.45, 7) is -0.264. The Morgan fingerprint density at radius 1 is 1.27 bits per heavy atom. The quantitative estimate of drug-likeness (QED) is 0.600. The standard InChI is InChI=1S/C17H20N2O7/c1-25-11-4-3-10(13(7-11)26-2)9-19-6-5-12(20)15(17(19)24)16(23)18-8-14(21)22/h3-4,7,20H,5-6,8-9H2,1-2H3,(H,18,23)(H,21,22). The number of hydrogen-bond donors (Lipinski definition) is 3. The van der Waals surface area contributed by atoms with Gasteiger partial charge in [0.1, 0.15) is 29.4 Å². The van der Waals surface area contributed by atoms with E-state index >= 15 is 0 Å². The first-order chi connectivity index (χ1) is 12.4. The Balaban J connectivity index is 2.19. The second kappa shape index (κ2) is 8.24. The number of rotatable bonds is 7. The highest BCUT2D eigenvalue weighted by atomic mass is 16.5. The number of aliphatic carboxylic acids is 1. The number of carbonyl (C=O) groups excluding carboxylic acids is 2. The number of carbonyl (C=O) groups is 3. The molecule has 2 amide bonds. The SMILES string of the molecule is COc1ccc(CN2CCC(O)=C(C(=O)NCC(=O)O)C2=O)c(OC)c1. The van der Waals surface area contributed by atoms with E-state index < -0.39 is 29.9 Å². The van der Waals surface area contributed by atoms with Crippen LogP contribution in [0.25, 0.3) is 0 Å². The third-order valence-corrected chi connectivity index (χ3v) is 3.89. The van der Waals surface area contributed by atoms with Gasteiger partial charge in [0, 0.05) is 31.1 Å². The van der Waals surface area contributed by atoms with Gasteiger partial charge in [-0.2, -0.15) is 0 Å². The number of benzene rings is 1. The van der Waals surface area contributed by atoms with E-state index in [9.17, 15) is 19.5 Å². The van der Waals surface area contributed by atoms with Gasteiger partial charge in [-0.25, -0.2) is 0 Å². The molecule has 26 heavy (non-hydrogen) atoms. The van der Waals surface area contributed by atoms with Gasteiger partial charge in [0.05, 0.1) is 14.2 Å². The lowest BCUT2D eigenvalue weighted by atomic mass is 10.0. The molecule has 9 heteroatoms. The van der Waals surface area contributed by atoms with Gasteiger partial charge in [-0.15, -0.1) is 0 Å². The normalized spacial score (nSPS) is 14.2. The van der Waals surface area contributed by atoms with Crippen LogP contribution in [0.3, 0.4) is 0 Å². The maximum Gasteiger partial charge on any atom is 0.322 e. The minimum atomic E-state index is -1.25. The van der Waals surface area contributed by atoms with Crippen LogP contribution in [0.2, 0.25) is 0 Å². The lowest BCUT2D eigenvalue weighted by Gasteiger charge is -2.28. The van der Waals surface area contributed by atoms with Crippen molar-refractivity contribution in [2.24, 2.45) is 0 Å². The van der Waals surface area contributed by atoms with Crippen molar-refractivity contribution in [2.75, 3.05) is 27.3 Å². The van der Waals surface area contributed by atoms with Gasteiger partial charge in [0.15, 0.2) is 0 Å². The van der Waals surface area contributed by atoms with Crippen LogP contribution in [0.5, 0.6) is 11.5 Å². The predicted molar refractivity (Wildman–Crippen MR) is 89.9 cm³/mol. The minimum Gasteiger partial charge on any atom is -0.511 e. The number of aliphatic hydroxyl groups is 1. The second-order valence-corrected chi connectivity index (χ2v) is 5.55. The summed E-state index contributed by atoms with van der Waals surface area (Å²) in [7, 11) is 3.02. The topological polar surface area (TPSA) is 125 Å². The zero-order valence-corrected chi connectivity index (χ0v) is 14.4. The first-order valence-corrected chi connectivity index (χ1v) is 7.79. The maximum atomic E-state index is 12.6. The van der Waals surface area contributed by atoms with Crippen LogP contribution < -0.4 is 14.8 Å². The summed E-state index contributed by atoms with van der Waals surface area (Å²) in [6.07, 6.45) is 0.0973. The molecule has 0 atom stereocenters. The summed E-state index contributed by atoms with van der Waals surface area (Å²) in [5.74, 6) is -2.07. The Labute approximate surface area is 149 Å². The van der Waals surface area contributed by atoms with E-state index in [0.717, 1.165) is 0 Å². The van der Waals surface area contributed by atoms with Gasteiger partial charge in [-0.05, 0) is 12.1 Å². The molecule has 0 saturated carbocycles. The van der Waals surface area contributed by atoms with Crippen LogP contribution >= 0.6 is 0 Å². The molecule has 1 aromatic rings. The molecule has 0 spiro atoms. The van der Waals surface area contributed by atoms with Crippen molar-refractivity contribution in [2.45, 2.75) is 13.0 Å². The van der Waals surface area contributed by atoms with Crippen molar-refractivity contribution in [3.63, 3.8) is 0 Å². The minimum absolute atomic E-state index is 0.0973. The van der Waals surface area contributed by atoms with Gasteiger partial charge in [-0.3, -0.25) is 14.4 Å². The van der Waals surface area contributed by atoms with E-state index in [2.05, 4.69) is 5.32 Å². The first kappa shape index (κ1) is 19.1. The molecule has 1 heterocycles. The molecule has 0 aromatic heterocycles. The maximum absolute atomic E-state index is 12.6. The van der Waals surface area contributed by atoms with Gasteiger partial charge in [0.2, 0.25) is 0 Å². The molecule has 1 aromatic carbocycles. The monoisotopic (exact) mass is 364 g/mol. The Bertz CT molecular complexity index is 757. The van der Waals surface area contributed by atoms with E-state index in [0.29, 0.717) is 17.1 Å². The zero-order valence-electron chi connectivity index (χ0n) is 14.4. The number of carboxylic acids is 1. The first-order valence-electron chi connectivity index (χ1n) is 7.79. The van der Waals surface area contributed by atoms with E-state index in [1.165, 1.54) is 19.1 Å². The molecule has 2 rings (SSSR count). The molecule has 0 radical (unpaired) electrons. The molecule has 0 bridgehead atoms. The van der Waals surface area contributed by atoms with Crippen LogP contribution in [0, 0.1) is 0 Å². The molecule has 9 nitrogen and oxygen atoms in total. The number of carboxylic acid groups (broad SMARTS) is 1. The number of aliphatic hydroxyl groups excluding tert-OH is 1. The molecular formula is C17H20N2O7. The molecule has 0 aliphatic carbocycles. The summed E-state index contributed by atoms with van der Waals surface area (Å²) >= 11 is 0. The van der Waals surface area contributed by atoms with Crippen molar-refractivity contribution >= 4 is 17.8 Å². The van der Waals surface area contributed by atoms with Crippen molar-refractivity contribution in [3.05, 3.63) is 35.1 Å². The number of ether oxygens (including phenoxy) is 2. The largest absolute Gasteiger partial charge is 0.511 e. The molecule has 0 unspecified atom stereocenters. The smallest absolute Gasteiger partial charge is 0.322 e. The van der Waals surface area contributed by atoms with Crippen molar-refractivity contribution < 1.29 is 34.1 Å². The van der Waals surface area contributed by atoms with Crippen LogP contribution in [0.4, 0.5) is 0 Å². The lowest BCUT2D eigenvalue weighted by molar-refractivity contribution is -0.138. The van der Waals surface area contributed by atoms with E-state index in [-0.39, 0.29) is 25.3 Å². The van der Waals surface area contributed by atoms with E-state index in [1.807, 2.05) is 0 Å². The van der Waals surface area contributed by atoms with E-state index in [1.54, 1.807) is 18.2 Å². The number of methoxy groups -OCH3 is 2. The van der Waals surface area contributed by atoms with Crippen LogP contribution in [-0.2, 0) is 20.9 Å². The van der Waals surface area contributed by atoms with Crippen LogP contribution in [-0.4, -0.2) is 60.2 Å². The van der Waals surface area contributed by atoms with Gasteiger partial charge >= 0.3 is 5.97 Å². The molecule has 3 N–H and O–H groups in total. The fraction of sp³-hybridized carbons (Fsp3) is 0.353.